The highest BCUT2D eigenvalue weighted by molar-refractivity contribution is 6.45. The van der Waals surface area contributed by atoms with Gasteiger partial charge in [-0.15, -0.1) is 0 Å². The van der Waals surface area contributed by atoms with Gasteiger partial charge in [-0.2, -0.15) is 0 Å². The SMILES string of the molecule is CB(O)N1CCN(C(C)(C)C)CC1C(=O)O. The van der Waals surface area contributed by atoms with E-state index in [4.69, 9.17) is 5.11 Å². The Hall–Kier alpha value is -0.585. The molecule has 0 aromatic rings. The van der Waals surface area contributed by atoms with Crippen molar-refractivity contribution in [3.05, 3.63) is 0 Å². The third-order valence-electron chi connectivity index (χ3n) is 3.14. The maximum absolute atomic E-state index is 11.2. The first kappa shape index (κ1) is 13.5. The molecule has 1 atom stereocenters. The van der Waals surface area contributed by atoms with Crippen molar-refractivity contribution < 1.29 is 14.9 Å². The molecule has 2 N–H and O–H groups in total. The van der Waals surface area contributed by atoms with Crippen LogP contribution in [-0.4, -0.2) is 64.1 Å². The van der Waals surface area contributed by atoms with E-state index in [-0.39, 0.29) is 5.54 Å². The van der Waals surface area contributed by atoms with E-state index in [2.05, 4.69) is 25.7 Å². The summed E-state index contributed by atoms with van der Waals surface area (Å²) in [5, 5.41) is 18.7. The van der Waals surface area contributed by atoms with E-state index in [1.165, 1.54) is 0 Å². The summed E-state index contributed by atoms with van der Waals surface area (Å²) in [5.41, 5.74) is -0.0293. The molecule has 1 fully saturated rings. The number of carbonyl (C=O) groups is 1. The molecule has 5 nitrogen and oxygen atoms in total. The topological polar surface area (TPSA) is 64.0 Å². The predicted octanol–water partition coefficient (Wildman–Crippen LogP) is -0.0340. The fraction of sp³-hybridized carbons (Fsp3) is 0.900. The molecular formula is C10H21BN2O3. The van der Waals surface area contributed by atoms with E-state index in [0.717, 1.165) is 6.54 Å². The molecule has 6 heteroatoms. The minimum atomic E-state index is -0.866. The van der Waals surface area contributed by atoms with Crippen molar-refractivity contribution in [2.24, 2.45) is 0 Å². The number of piperazine rings is 1. The Morgan fingerprint density at radius 3 is 2.31 bits per heavy atom. The van der Waals surface area contributed by atoms with Crippen LogP contribution in [0.1, 0.15) is 20.8 Å². The van der Waals surface area contributed by atoms with Crippen molar-refractivity contribution in [3.8, 4) is 0 Å². The van der Waals surface area contributed by atoms with Crippen molar-refractivity contribution in [3.63, 3.8) is 0 Å². The average molecular weight is 228 g/mol. The van der Waals surface area contributed by atoms with Crippen LogP contribution < -0.4 is 0 Å². The lowest BCUT2D eigenvalue weighted by molar-refractivity contribution is -0.144. The molecule has 1 rings (SSSR count). The van der Waals surface area contributed by atoms with Gasteiger partial charge >= 0.3 is 13.0 Å². The highest BCUT2D eigenvalue weighted by Gasteiger charge is 2.38. The Balaban J connectivity index is 2.77. The molecule has 0 aliphatic carbocycles. The summed E-state index contributed by atoms with van der Waals surface area (Å²) in [6, 6.07) is -0.618. The zero-order chi connectivity index (χ0) is 12.5. The highest BCUT2D eigenvalue weighted by atomic mass is 16.4. The largest absolute Gasteiger partial charge is 0.480 e. The molecule has 0 aromatic heterocycles. The van der Waals surface area contributed by atoms with Crippen LogP contribution in [0.15, 0.2) is 0 Å². The quantitative estimate of drug-likeness (QED) is 0.649. The molecule has 1 heterocycles. The van der Waals surface area contributed by atoms with Gasteiger partial charge in [0.05, 0.1) is 0 Å². The number of carboxylic acids is 1. The van der Waals surface area contributed by atoms with Crippen LogP contribution in [0, 0.1) is 0 Å². The van der Waals surface area contributed by atoms with Crippen molar-refractivity contribution >= 4 is 13.0 Å². The average Bonchev–Trinajstić information content (AvgIpc) is 2.15. The zero-order valence-corrected chi connectivity index (χ0v) is 10.5. The number of hydrogen-bond donors (Lipinski definition) is 2. The van der Waals surface area contributed by atoms with Gasteiger partial charge in [-0.1, -0.05) is 0 Å². The Morgan fingerprint density at radius 1 is 1.38 bits per heavy atom. The number of aliphatic carboxylic acids is 1. The maximum atomic E-state index is 11.2. The van der Waals surface area contributed by atoms with Crippen molar-refractivity contribution in [2.75, 3.05) is 19.6 Å². The van der Waals surface area contributed by atoms with Crippen LogP contribution in [0.5, 0.6) is 0 Å². The summed E-state index contributed by atoms with van der Waals surface area (Å²) in [6.07, 6.45) is 0. The van der Waals surface area contributed by atoms with Gasteiger partial charge in [-0.05, 0) is 27.6 Å². The zero-order valence-electron chi connectivity index (χ0n) is 10.5. The molecular weight excluding hydrogens is 207 g/mol. The molecule has 1 aliphatic rings. The lowest BCUT2D eigenvalue weighted by atomic mass is 9.81. The summed E-state index contributed by atoms with van der Waals surface area (Å²) in [4.78, 5) is 14.9. The second kappa shape index (κ2) is 4.73. The molecule has 1 unspecified atom stereocenters. The molecule has 0 radical (unpaired) electrons. The number of carboxylic acid groups (broad SMARTS) is 1. The van der Waals surface area contributed by atoms with E-state index in [0.29, 0.717) is 13.1 Å². The molecule has 0 spiro atoms. The predicted molar refractivity (Wildman–Crippen MR) is 63.3 cm³/mol. The maximum Gasteiger partial charge on any atom is 0.377 e. The molecule has 0 bridgehead atoms. The number of nitrogens with zero attached hydrogens (tertiary/aromatic N) is 2. The molecule has 1 aliphatic heterocycles. The molecule has 0 saturated carbocycles. The van der Waals surface area contributed by atoms with E-state index >= 15 is 0 Å². The molecule has 16 heavy (non-hydrogen) atoms. The standard InChI is InChI=1S/C10H21BN2O3/c1-10(2,3)12-5-6-13(11(4)16)8(7-12)9(14)15/h8,16H,5-7H2,1-4H3,(H,14,15). The van der Waals surface area contributed by atoms with Crippen molar-refractivity contribution in [1.29, 1.82) is 0 Å². The molecule has 1 saturated heterocycles. The lowest BCUT2D eigenvalue weighted by Gasteiger charge is -2.45. The van der Waals surface area contributed by atoms with Gasteiger partial charge in [-0.25, -0.2) is 0 Å². The summed E-state index contributed by atoms with van der Waals surface area (Å²) < 4.78 is 0. The molecule has 0 aromatic carbocycles. The first-order valence-corrected chi connectivity index (χ1v) is 5.65. The number of rotatable bonds is 2. The fourth-order valence-corrected chi connectivity index (χ4v) is 2.07. The van der Waals surface area contributed by atoms with Crippen LogP contribution in [0.25, 0.3) is 0 Å². The Labute approximate surface area is 97.2 Å². The minimum Gasteiger partial charge on any atom is -0.480 e. The van der Waals surface area contributed by atoms with Crippen LogP contribution in [0.3, 0.4) is 0 Å². The first-order chi connectivity index (χ1) is 7.23. The van der Waals surface area contributed by atoms with Gasteiger partial charge in [0.1, 0.15) is 6.04 Å². The second-order valence-corrected chi connectivity index (χ2v) is 5.34. The van der Waals surface area contributed by atoms with E-state index in [1.54, 1.807) is 11.6 Å². The normalized spacial score (nSPS) is 24.4. The van der Waals surface area contributed by atoms with E-state index in [1.807, 2.05) is 0 Å². The number of hydrogen-bond acceptors (Lipinski definition) is 4. The van der Waals surface area contributed by atoms with Gasteiger partial charge in [0.15, 0.2) is 0 Å². The lowest BCUT2D eigenvalue weighted by Crippen LogP contribution is -2.63. The van der Waals surface area contributed by atoms with Gasteiger partial charge in [0.25, 0.3) is 0 Å². The Bertz CT molecular complexity index is 265. The molecule has 0 amide bonds. The summed E-state index contributed by atoms with van der Waals surface area (Å²) in [5.74, 6) is -0.866. The van der Waals surface area contributed by atoms with Crippen LogP contribution in [-0.2, 0) is 4.79 Å². The smallest absolute Gasteiger partial charge is 0.377 e. The van der Waals surface area contributed by atoms with Crippen LogP contribution >= 0.6 is 0 Å². The van der Waals surface area contributed by atoms with E-state index in [9.17, 15) is 9.82 Å². The Morgan fingerprint density at radius 2 is 1.94 bits per heavy atom. The minimum absolute atomic E-state index is 0.0293. The third-order valence-corrected chi connectivity index (χ3v) is 3.14. The van der Waals surface area contributed by atoms with Gasteiger partial charge in [0, 0.05) is 25.2 Å². The van der Waals surface area contributed by atoms with Crippen molar-refractivity contribution in [2.45, 2.75) is 39.2 Å². The first-order valence-electron chi connectivity index (χ1n) is 5.65. The third kappa shape index (κ3) is 2.96. The monoisotopic (exact) mass is 228 g/mol. The molecule has 92 valence electrons. The van der Waals surface area contributed by atoms with E-state index < -0.39 is 19.1 Å². The highest BCUT2D eigenvalue weighted by Crippen LogP contribution is 2.19. The second-order valence-electron chi connectivity index (χ2n) is 5.34. The van der Waals surface area contributed by atoms with Gasteiger partial charge < -0.3 is 14.9 Å². The van der Waals surface area contributed by atoms with Gasteiger partial charge in [-0.3, -0.25) is 9.69 Å². The van der Waals surface area contributed by atoms with Crippen LogP contribution in [0.2, 0.25) is 6.82 Å². The Kier molecular flexibility index (Phi) is 3.99. The summed E-state index contributed by atoms with van der Waals surface area (Å²) in [7, 11) is -0.705. The van der Waals surface area contributed by atoms with Crippen molar-refractivity contribution in [1.82, 2.24) is 9.71 Å². The summed E-state index contributed by atoms with van der Waals surface area (Å²) in [6.45, 7) is 9.67. The van der Waals surface area contributed by atoms with Crippen LogP contribution in [0.4, 0.5) is 0 Å². The fourth-order valence-electron chi connectivity index (χ4n) is 2.07. The van der Waals surface area contributed by atoms with Gasteiger partial charge in [0.2, 0.25) is 0 Å². The summed E-state index contributed by atoms with van der Waals surface area (Å²) >= 11 is 0.